The van der Waals surface area contributed by atoms with Crippen molar-refractivity contribution in [3.8, 4) is 5.88 Å². The molecule has 0 atom stereocenters. The summed E-state index contributed by atoms with van der Waals surface area (Å²) >= 11 is 5.17. The highest BCUT2D eigenvalue weighted by atomic mass is 32.1. The Hall–Kier alpha value is -2.73. The van der Waals surface area contributed by atoms with E-state index < -0.39 is 0 Å². The number of rotatable bonds is 2. The summed E-state index contributed by atoms with van der Waals surface area (Å²) in [5.74, 6) is -0.0244. The van der Waals surface area contributed by atoms with E-state index in [2.05, 4.69) is 20.5 Å². The lowest BCUT2D eigenvalue weighted by molar-refractivity contribution is 0.459. The van der Waals surface area contributed by atoms with E-state index >= 15 is 0 Å². The molecule has 0 saturated carbocycles. The lowest BCUT2D eigenvalue weighted by Gasteiger charge is -2.05. The number of aromatic nitrogens is 1. The highest BCUT2D eigenvalue weighted by Gasteiger charge is 2.09. The lowest BCUT2D eigenvalue weighted by atomic mass is 10.2. The Morgan fingerprint density at radius 1 is 1.14 bits per heavy atom. The summed E-state index contributed by atoms with van der Waals surface area (Å²) in [6.07, 6.45) is 0. The second kappa shape index (κ2) is 5.95. The van der Waals surface area contributed by atoms with Crippen molar-refractivity contribution >= 4 is 39.6 Å². The fraction of sp³-hybridized carbons (Fsp3) is 0.0625. The molecular formula is C16H14N4OS. The van der Waals surface area contributed by atoms with Crippen molar-refractivity contribution in [3.05, 3.63) is 54.1 Å². The molecule has 0 amide bonds. The number of thiocarbonyl (C=S) groups is 1. The molecule has 1 heterocycles. The number of hydrogen-bond acceptors (Lipinski definition) is 3. The molecule has 0 aliphatic heterocycles. The first-order valence-electron chi connectivity index (χ1n) is 6.73. The number of aryl methyl sites for hydroxylation is 1. The van der Waals surface area contributed by atoms with Crippen LogP contribution in [0.15, 0.2) is 58.8 Å². The highest BCUT2D eigenvalue weighted by Crippen LogP contribution is 2.35. The smallest absolute Gasteiger partial charge is 0.218 e. The number of nitrogens with zero attached hydrogens (tertiary/aromatic N) is 2. The maximum Gasteiger partial charge on any atom is 0.218 e. The van der Waals surface area contributed by atoms with E-state index in [0.717, 1.165) is 22.2 Å². The van der Waals surface area contributed by atoms with E-state index in [1.54, 1.807) is 0 Å². The van der Waals surface area contributed by atoms with Gasteiger partial charge >= 0.3 is 0 Å². The van der Waals surface area contributed by atoms with Gasteiger partial charge in [-0.15, -0.1) is 10.2 Å². The predicted molar refractivity (Wildman–Crippen MR) is 91.9 cm³/mol. The number of para-hydroxylation sites is 2. The summed E-state index contributed by atoms with van der Waals surface area (Å²) in [4.78, 5) is 2.85. The topological polar surface area (TPSA) is 72.8 Å². The molecule has 0 unspecified atom stereocenters. The second-order valence-electron chi connectivity index (χ2n) is 4.81. The van der Waals surface area contributed by atoms with E-state index in [0.29, 0.717) is 5.69 Å². The zero-order valence-corrected chi connectivity index (χ0v) is 12.7. The number of aromatic hydroxyl groups is 1. The minimum atomic E-state index is -0.0244. The van der Waals surface area contributed by atoms with Gasteiger partial charge in [-0.2, -0.15) is 0 Å². The first-order valence-corrected chi connectivity index (χ1v) is 7.14. The SMILES string of the molecule is Cc1ccccc1NC(=S)N=Nc1c(O)[nH]c2ccccc12. The van der Waals surface area contributed by atoms with Gasteiger partial charge in [-0.3, -0.25) is 0 Å². The Morgan fingerprint density at radius 3 is 2.68 bits per heavy atom. The largest absolute Gasteiger partial charge is 0.493 e. The third-order valence-electron chi connectivity index (χ3n) is 3.29. The Labute approximate surface area is 132 Å². The van der Waals surface area contributed by atoms with Crippen LogP contribution in [0, 0.1) is 6.92 Å². The molecule has 0 radical (unpaired) electrons. The Kier molecular flexibility index (Phi) is 3.84. The summed E-state index contributed by atoms with van der Waals surface area (Å²) in [7, 11) is 0. The molecule has 3 aromatic rings. The summed E-state index contributed by atoms with van der Waals surface area (Å²) in [5, 5.41) is 22.0. The molecule has 3 N–H and O–H groups in total. The molecule has 6 heteroatoms. The standard InChI is InChI=1S/C16H14N4OS/c1-10-6-2-4-8-12(10)18-16(22)20-19-14-11-7-3-5-9-13(11)17-15(14)21/h2-9,17,21H,1H3,(H,18,22). The molecular weight excluding hydrogens is 296 g/mol. The van der Waals surface area contributed by atoms with Crippen LogP contribution in [-0.4, -0.2) is 15.2 Å². The maximum atomic E-state index is 9.91. The average molecular weight is 310 g/mol. The summed E-state index contributed by atoms with van der Waals surface area (Å²) in [5.41, 5.74) is 3.13. The van der Waals surface area contributed by atoms with Crippen molar-refractivity contribution < 1.29 is 5.11 Å². The van der Waals surface area contributed by atoms with Crippen LogP contribution in [0.25, 0.3) is 10.9 Å². The van der Waals surface area contributed by atoms with Crippen LogP contribution in [0.5, 0.6) is 5.88 Å². The summed E-state index contributed by atoms with van der Waals surface area (Å²) < 4.78 is 0. The van der Waals surface area contributed by atoms with E-state index in [1.165, 1.54) is 0 Å². The van der Waals surface area contributed by atoms with Crippen LogP contribution in [0.2, 0.25) is 0 Å². The first-order chi connectivity index (χ1) is 10.6. The average Bonchev–Trinajstić information content (AvgIpc) is 2.83. The third-order valence-corrected chi connectivity index (χ3v) is 3.47. The normalized spacial score (nSPS) is 11.1. The van der Waals surface area contributed by atoms with Gasteiger partial charge in [0, 0.05) is 11.1 Å². The summed E-state index contributed by atoms with van der Waals surface area (Å²) in [6, 6.07) is 15.2. The molecule has 0 aliphatic rings. The van der Waals surface area contributed by atoms with Crippen molar-refractivity contribution in [2.45, 2.75) is 6.92 Å². The fourth-order valence-corrected chi connectivity index (χ4v) is 2.31. The highest BCUT2D eigenvalue weighted by molar-refractivity contribution is 7.80. The molecule has 0 spiro atoms. The van der Waals surface area contributed by atoms with Gasteiger partial charge < -0.3 is 15.4 Å². The third kappa shape index (κ3) is 2.82. The van der Waals surface area contributed by atoms with Crippen LogP contribution in [-0.2, 0) is 0 Å². The van der Waals surface area contributed by atoms with Gasteiger partial charge in [-0.25, -0.2) is 0 Å². The maximum absolute atomic E-state index is 9.91. The number of H-pyrrole nitrogens is 1. The van der Waals surface area contributed by atoms with Gasteiger partial charge in [0.05, 0.1) is 5.52 Å². The van der Waals surface area contributed by atoms with Crippen LogP contribution in [0.1, 0.15) is 5.56 Å². The quantitative estimate of drug-likeness (QED) is 0.476. The molecule has 1 aromatic heterocycles. The van der Waals surface area contributed by atoms with Crippen LogP contribution in [0.3, 0.4) is 0 Å². The Morgan fingerprint density at radius 2 is 1.86 bits per heavy atom. The molecule has 22 heavy (non-hydrogen) atoms. The predicted octanol–water partition coefficient (Wildman–Crippen LogP) is 4.66. The molecule has 0 fully saturated rings. The van der Waals surface area contributed by atoms with Crippen molar-refractivity contribution in [2.24, 2.45) is 10.2 Å². The second-order valence-corrected chi connectivity index (χ2v) is 5.20. The van der Waals surface area contributed by atoms with Gasteiger partial charge in [0.15, 0.2) is 5.69 Å². The van der Waals surface area contributed by atoms with E-state index in [1.807, 2.05) is 55.5 Å². The number of fused-ring (bicyclic) bond motifs is 1. The minimum absolute atomic E-state index is 0.0244. The Balaban J connectivity index is 1.82. The molecule has 0 bridgehead atoms. The monoisotopic (exact) mass is 310 g/mol. The van der Waals surface area contributed by atoms with Gasteiger partial charge in [0.1, 0.15) is 0 Å². The zero-order chi connectivity index (χ0) is 15.5. The van der Waals surface area contributed by atoms with E-state index in [-0.39, 0.29) is 11.0 Å². The van der Waals surface area contributed by atoms with Crippen molar-refractivity contribution in [1.82, 2.24) is 4.98 Å². The molecule has 2 aromatic carbocycles. The van der Waals surface area contributed by atoms with Gasteiger partial charge in [0.2, 0.25) is 11.0 Å². The number of azo groups is 1. The number of aromatic amines is 1. The molecule has 110 valence electrons. The molecule has 5 nitrogen and oxygen atoms in total. The first kappa shape index (κ1) is 14.2. The van der Waals surface area contributed by atoms with Crippen molar-refractivity contribution in [2.75, 3.05) is 5.32 Å². The summed E-state index contributed by atoms with van der Waals surface area (Å²) in [6.45, 7) is 1.98. The van der Waals surface area contributed by atoms with Crippen molar-refractivity contribution in [3.63, 3.8) is 0 Å². The lowest BCUT2D eigenvalue weighted by Crippen LogP contribution is -2.06. The van der Waals surface area contributed by atoms with E-state index in [9.17, 15) is 5.11 Å². The van der Waals surface area contributed by atoms with Crippen LogP contribution < -0.4 is 5.32 Å². The zero-order valence-electron chi connectivity index (χ0n) is 11.9. The van der Waals surface area contributed by atoms with Gasteiger partial charge in [0.25, 0.3) is 0 Å². The van der Waals surface area contributed by atoms with Gasteiger partial charge in [-0.1, -0.05) is 36.4 Å². The van der Waals surface area contributed by atoms with Gasteiger partial charge in [-0.05, 0) is 36.8 Å². The van der Waals surface area contributed by atoms with E-state index in [4.69, 9.17) is 12.2 Å². The molecule has 3 rings (SSSR count). The fourth-order valence-electron chi connectivity index (χ4n) is 2.16. The number of benzene rings is 2. The minimum Gasteiger partial charge on any atom is -0.493 e. The number of nitrogens with one attached hydrogen (secondary N) is 2. The number of hydrogen-bond donors (Lipinski definition) is 3. The van der Waals surface area contributed by atoms with Crippen molar-refractivity contribution in [1.29, 1.82) is 0 Å². The molecule has 0 saturated heterocycles. The molecule has 0 aliphatic carbocycles. The van der Waals surface area contributed by atoms with Crippen LogP contribution in [0.4, 0.5) is 11.4 Å². The van der Waals surface area contributed by atoms with Crippen LogP contribution >= 0.6 is 12.2 Å². The Bertz CT molecular complexity index is 869. The number of anilines is 1.